The van der Waals surface area contributed by atoms with Gasteiger partial charge in [-0.3, -0.25) is 0 Å². The van der Waals surface area contributed by atoms with Gasteiger partial charge < -0.3 is 9.88 Å². The maximum Gasteiger partial charge on any atom is 0.213 e. The number of aromatic nitrogens is 1. The van der Waals surface area contributed by atoms with E-state index in [0.29, 0.717) is 5.92 Å². The summed E-state index contributed by atoms with van der Waals surface area (Å²) >= 11 is 0. The number of primary sulfonamides is 1. The third kappa shape index (κ3) is 2.72. The van der Waals surface area contributed by atoms with Crippen LogP contribution in [0.3, 0.4) is 0 Å². The fraction of sp³-hybridized carbons (Fsp3) is 0.429. The Morgan fingerprint density at radius 1 is 1.45 bits per heavy atom. The molecule has 1 atom stereocenters. The Morgan fingerprint density at radius 2 is 2.25 bits per heavy atom. The summed E-state index contributed by atoms with van der Waals surface area (Å²) in [6.07, 6.45) is 3.19. The van der Waals surface area contributed by atoms with Crippen LogP contribution in [0.25, 0.3) is 10.9 Å². The minimum Gasteiger partial charge on any atom is -0.361 e. The van der Waals surface area contributed by atoms with Crippen LogP contribution in [0.2, 0.25) is 0 Å². The van der Waals surface area contributed by atoms with Gasteiger partial charge in [-0.2, -0.15) is 0 Å². The van der Waals surface area contributed by atoms with Crippen molar-refractivity contribution in [3.05, 3.63) is 35.5 Å². The molecule has 1 aliphatic rings. The van der Waals surface area contributed by atoms with Gasteiger partial charge in [0.1, 0.15) is 0 Å². The molecule has 0 radical (unpaired) electrons. The number of sulfonamides is 1. The van der Waals surface area contributed by atoms with Gasteiger partial charge in [0.2, 0.25) is 10.0 Å². The van der Waals surface area contributed by atoms with E-state index in [1.807, 2.05) is 18.2 Å². The summed E-state index contributed by atoms with van der Waals surface area (Å²) in [7, 11) is -1.36. The molecule has 1 fully saturated rings. The number of nitrogens with zero attached hydrogens (tertiary/aromatic N) is 1. The molecule has 0 aliphatic carbocycles. The second-order valence-corrected chi connectivity index (χ2v) is 7.29. The number of hydrogen-bond acceptors (Lipinski definition) is 3. The highest BCUT2D eigenvalue weighted by Crippen LogP contribution is 2.32. The van der Waals surface area contributed by atoms with Crippen LogP contribution in [-0.2, 0) is 15.8 Å². The van der Waals surface area contributed by atoms with Crippen molar-refractivity contribution in [3.63, 3.8) is 0 Å². The molecule has 1 aromatic heterocycles. The Kier molecular flexibility index (Phi) is 3.32. The van der Waals surface area contributed by atoms with E-state index < -0.39 is 10.0 Å². The van der Waals surface area contributed by atoms with Gasteiger partial charge in [0, 0.05) is 23.6 Å². The standard InChI is InChI=1S/C14H19N3O2S/c1-17-5-4-11(8-17)13-7-16-14-3-2-10(6-12(13)14)9-20(15,18)19/h2-3,6-7,11,16H,4-5,8-9H2,1H3,(H2,15,18,19). The molecular formula is C14H19N3O2S. The topological polar surface area (TPSA) is 79.2 Å². The zero-order valence-corrected chi connectivity index (χ0v) is 12.3. The first-order valence-corrected chi connectivity index (χ1v) is 8.43. The predicted molar refractivity (Wildman–Crippen MR) is 80.0 cm³/mol. The maximum atomic E-state index is 11.2. The predicted octanol–water partition coefficient (Wildman–Crippen LogP) is 1.38. The SMILES string of the molecule is CN1CCC(c2c[nH]c3ccc(CS(N)(=O)=O)cc23)C1. The van der Waals surface area contributed by atoms with Crippen molar-refractivity contribution in [1.29, 1.82) is 0 Å². The van der Waals surface area contributed by atoms with Crippen LogP contribution in [0.4, 0.5) is 0 Å². The molecule has 0 saturated carbocycles. The van der Waals surface area contributed by atoms with Crippen molar-refractivity contribution in [2.24, 2.45) is 5.14 Å². The minimum absolute atomic E-state index is 0.113. The Hall–Kier alpha value is -1.37. The summed E-state index contributed by atoms with van der Waals surface area (Å²) in [6, 6.07) is 5.69. The summed E-state index contributed by atoms with van der Waals surface area (Å²) in [6.45, 7) is 2.15. The van der Waals surface area contributed by atoms with Gasteiger partial charge in [-0.05, 0) is 49.2 Å². The Morgan fingerprint density at radius 3 is 2.90 bits per heavy atom. The number of nitrogens with two attached hydrogens (primary N) is 1. The van der Waals surface area contributed by atoms with Crippen LogP contribution >= 0.6 is 0 Å². The molecule has 1 aromatic carbocycles. The van der Waals surface area contributed by atoms with Crippen molar-refractivity contribution in [3.8, 4) is 0 Å². The molecule has 5 nitrogen and oxygen atoms in total. The smallest absolute Gasteiger partial charge is 0.213 e. The number of H-pyrrole nitrogens is 1. The molecule has 0 bridgehead atoms. The molecule has 20 heavy (non-hydrogen) atoms. The first-order chi connectivity index (χ1) is 9.42. The zero-order chi connectivity index (χ0) is 14.3. The zero-order valence-electron chi connectivity index (χ0n) is 11.5. The lowest BCUT2D eigenvalue weighted by atomic mass is 9.97. The normalized spacial score (nSPS) is 20.8. The van der Waals surface area contributed by atoms with E-state index in [1.54, 1.807) is 0 Å². The largest absolute Gasteiger partial charge is 0.361 e. The lowest BCUT2D eigenvalue weighted by molar-refractivity contribution is 0.412. The number of rotatable bonds is 3. The third-order valence-electron chi connectivity index (χ3n) is 3.98. The summed E-state index contributed by atoms with van der Waals surface area (Å²) in [5.41, 5.74) is 3.07. The summed E-state index contributed by atoms with van der Waals surface area (Å²) in [5.74, 6) is 0.400. The van der Waals surface area contributed by atoms with E-state index in [2.05, 4.69) is 23.1 Å². The Bertz CT molecular complexity index is 736. The number of fused-ring (bicyclic) bond motifs is 1. The quantitative estimate of drug-likeness (QED) is 0.897. The summed E-state index contributed by atoms with van der Waals surface area (Å²) in [4.78, 5) is 5.59. The summed E-state index contributed by atoms with van der Waals surface area (Å²) < 4.78 is 22.4. The Labute approximate surface area is 118 Å². The molecule has 1 unspecified atom stereocenters. The molecule has 108 valence electrons. The Balaban J connectivity index is 1.99. The van der Waals surface area contributed by atoms with Crippen LogP contribution in [0, 0.1) is 0 Å². The van der Waals surface area contributed by atoms with Crippen molar-refractivity contribution < 1.29 is 8.42 Å². The summed E-state index contributed by atoms with van der Waals surface area (Å²) in [5, 5.41) is 6.24. The van der Waals surface area contributed by atoms with E-state index in [1.165, 1.54) is 5.56 Å². The number of hydrogen-bond donors (Lipinski definition) is 2. The molecule has 1 saturated heterocycles. The van der Waals surface area contributed by atoms with Gasteiger partial charge >= 0.3 is 0 Å². The molecule has 2 aromatic rings. The van der Waals surface area contributed by atoms with Gasteiger partial charge in [0.25, 0.3) is 0 Å². The van der Waals surface area contributed by atoms with Crippen LogP contribution in [-0.4, -0.2) is 38.4 Å². The molecule has 6 heteroatoms. The van der Waals surface area contributed by atoms with Gasteiger partial charge in [-0.15, -0.1) is 0 Å². The fourth-order valence-electron chi connectivity index (χ4n) is 3.04. The maximum absolute atomic E-state index is 11.2. The van der Waals surface area contributed by atoms with E-state index in [4.69, 9.17) is 5.14 Å². The van der Waals surface area contributed by atoms with E-state index in [9.17, 15) is 8.42 Å². The van der Waals surface area contributed by atoms with Crippen molar-refractivity contribution in [1.82, 2.24) is 9.88 Å². The number of likely N-dealkylation sites (tertiary alicyclic amines) is 1. The number of benzene rings is 1. The first kappa shape index (κ1) is 13.6. The average Bonchev–Trinajstić information content (AvgIpc) is 2.92. The highest BCUT2D eigenvalue weighted by Gasteiger charge is 2.23. The van der Waals surface area contributed by atoms with Crippen LogP contribution in [0.5, 0.6) is 0 Å². The molecule has 3 N–H and O–H groups in total. The monoisotopic (exact) mass is 293 g/mol. The molecule has 3 rings (SSSR count). The molecule has 2 heterocycles. The van der Waals surface area contributed by atoms with Gasteiger partial charge in [-0.1, -0.05) is 6.07 Å². The number of likely N-dealkylation sites (N-methyl/N-ethyl adjacent to an activating group) is 1. The highest BCUT2D eigenvalue weighted by molar-refractivity contribution is 7.88. The van der Waals surface area contributed by atoms with Gasteiger partial charge in [-0.25, -0.2) is 13.6 Å². The van der Waals surface area contributed by atoms with Crippen LogP contribution < -0.4 is 5.14 Å². The number of nitrogens with one attached hydrogen (secondary N) is 1. The molecular weight excluding hydrogens is 274 g/mol. The highest BCUT2D eigenvalue weighted by atomic mass is 32.2. The molecule has 0 spiro atoms. The third-order valence-corrected chi connectivity index (χ3v) is 4.71. The van der Waals surface area contributed by atoms with Crippen LogP contribution in [0.15, 0.2) is 24.4 Å². The van der Waals surface area contributed by atoms with Crippen molar-refractivity contribution >= 4 is 20.9 Å². The second-order valence-electron chi connectivity index (χ2n) is 5.68. The van der Waals surface area contributed by atoms with Crippen LogP contribution in [0.1, 0.15) is 23.5 Å². The lowest BCUT2D eigenvalue weighted by Crippen LogP contribution is -2.14. The van der Waals surface area contributed by atoms with E-state index in [-0.39, 0.29) is 5.75 Å². The van der Waals surface area contributed by atoms with E-state index in [0.717, 1.165) is 36.0 Å². The first-order valence-electron chi connectivity index (χ1n) is 6.71. The molecule has 1 aliphatic heterocycles. The lowest BCUT2D eigenvalue weighted by Gasteiger charge is -2.10. The second kappa shape index (κ2) is 4.87. The van der Waals surface area contributed by atoms with Crippen molar-refractivity contribution in [2.75, 3.05) is 20.1 Å². The van der Waals surface area contributed by atoms with Gasteiger partial charge in [0.05, 0.1) is 5.75 Å². The van der Waals surface area contributed by atoms with E-state index >= 15 is 0 Å². The van der Waals surface area contributed by atoms with Crippen molar-refractivity contribution in [2.45, 2.75) is 18.1 Å². The average molecular weight is 293 g/mol. The number of aromatic amines is 1. The van der Waals surface area contributed by atoms with Gasteiger partial charge in [0.15, 0.2) is 0 Å². The fourth-order valence-corrected chi connectivity index (χ4v) is 3.68. The molecule has 0 amide bonds. The minimum atomic E-state index is -3.49.